The molecule has 0 aromatic heterocycles. The molecule has 53 valence electrons. The van der Waals surface area contributed by atoms with Gasteiger partial charge in [0.1, 0.15) is 0 Å². The first-order chi connectivity index (χ1) is 2.65. The van der Waals surface area contributed by atoms with Crippen molar-refractivity contribution in [1.82, 2.24) is 0 Å². The first-order valence-corrected chi connectivity index (χ1v) is 5.78. The fraction of sp³-hybridized carbons (Fsp3) is 0. The van der Waals surface area contributed by atoms with E-state index in [1.54, 1.807) is 0 Å². The summed E-state index contributed by atoms with van der Waals surface area (Å²) >= 11 is 0. The van der Waals surface area contributed by atoms with Crippen molar-refractivity contribution >= 4 is 32.5 Å². The molecule has 0 aliphatic carbocycles. The molecule has 2 heteroatoms. The van der Waals surface area contributed by atoms with Gasteiger partial charge in [0, 0.05) is 0 Å². The molecule has 0 spiro atoms. The average molecular weight is 164 g/mol. The van der Waals surface area contributed by atoms with Gasteiger partial charge in [-0.2, -0.15) is 0 Å². The minimum absolute atomic E-state index is 3.17. The molecular formula is C6H12CuO. The van der Waals surface area contributed by atoms with Gasteiger partial charge < -0.3 is 0 Å². The van der Waals surface area contributed by atoms with E-state index in [2.05, 4.69) is 32.5 Å². The third kappa shape index (κ3) is 538. The Labute approximate surface area is 43.9 Å². The maximum atomic E-state index is 11.3. The molecule has 8 heavy (non-hydrogen) atoms. The number of hydrogen-bond acceptors (Lipinski definition) is 1. The van der Waals surface area contributed by atoms with Gasteiger partial charge in [0.2, 0.25) is 0 Å². The van der Waals surface area contributed by atoms with Gasteiger partial charge in [-0.05, 0) is 0 Å². The van der Waals surface area contributed by atoms with Crippen LogP contribution in [0.3, 0.4) is 0 Å². The van der Waals surface area contributed by atoms with Crippen LogP contribution in [0.2, 0.25) is 0 Å². The second-order valence-electron chi connectivity index (χ2n) is 2.78. The molecule has 0 heterocycles. The van der Waals surface area contributed by atoms with Gasteiger partial charge in [0.05, 0.1) is 0 Å². The summed E-state index contributed by atoms with van der Waals surface area (Å²) in [5, 5.41) is 0. The van der Waals surface area contributed by atoms with Gasteiger partial charge in [-0.3, -0.25) is 0 Å². The van der Waals surface area contributed by atoms with E-state index in [-0.39, 0.29) is 0 Å². The molecule has 0 aromatic rings. The van der Waals surface area contributed by atoms with E-state index in [9.17, 15) is 3.83 Å². The van der Waals surface area contributed by atoms with Gasteiger partial charge in [-0.1, -0.05) is 0 Å². The van der Waals surface area contributed by atoms with E-state index in [0.717, 1.165) is 0 Å². The van der Waals surface area contributed by atoms with E-state index in [1.165, 1.54) is 0 Å². The van der Waals surface area contributed by atoms with Crippen molar-refractivity contribution in [3.8, 4) is 0 Å². The summed E-state index contributed by atoms with van der Waals surface area (Å²) in [5.41, 5.74) is 19.0. The monoisotopic (exact) mass is 163 g/mol. The van der Waals surface area contributed by atoms with Crippen molar-refractivity contribution in [3.05, 3.63) is 0 Å². The number of rotatable bonds is 0. The molecule has 0 aliphatic rings. The van der Waals surface area contributed by atoms with E-state index >= 15 is 0 Å². The minimum atomic E-state index is -4.78. The molecule has 0 bridgehead atoms. The Kier molecular flexibility index (Phi) is 0.448. The van der Waals surface area contributed by atoms with Crippen molar-refractivity contribution in [3.63, 3.8) is 0 Å². The van der Waals surface area contributed by atoms with Crippen LogP contribution in [0.25, 0.3) is 0 Å². The average Bonchev–Trinajstić information content (AvgIpc) is 0.544. The van der Waals surface area contributed by atoms with E-state index < -0.39 is 6.99 Å². The molecule has 1 nitrogen and oxygen atoms in total. The molecule has 0 saturated heterocycles. The summed E-state index contributed by atoms with van der Waals surface area (Å²) in [7, 11) is 0. The second-order valence-corrected chi connectivity index (χ2v) is 11.5. The third-order valence-corrected chi connectivity index (χ3v) is 0. The molecule has 0 aliphatic heterocycles. The molecular weight excluding hydrogens is 152 g/mol. The van der Waals surface area contributed by atoms with Crippen LogP contribution in [-0.4, -0.2) is 32.5 Å². The Bertz CT molecular complexity index is 636. The van der Waals surface area contributed by atoms with E-state index in [4.69, 9.17) is 0 Å². The third-order valence-electron chi connectivity index (χ3n) is 0. The zero-order chi connectivity index (χ0) is 7.38. The molecule has 0 rings (SSSR count). The SMILES string of the molecule is [CH2]=[Cu](=[CH2])(=[CH2])(=[CH2])(=[CH2])(=[CH2])=[O]. The molecule has 0 amide bonds. The molecule has 0 unspecified atom stereocenters. The maximum absolute atomic E-state index is 11.3. The van der Waals surface area contributed by atoms with Crippen molar-refractivity contribution in [1.29, 1.82) is 0 Å². The molecule has 0 radical (unpaired) electrons. The van der Waals surface area contributed by atoms with Crippen LogP contribution in [0.4, 0.5) is 0 Å². The van der Waals surface area contributed by atoms with E-state index in [1.807, 2.05) is 0 Å². The topological polar surface area (TPSA) is 17.1 Å². The fourth-order valence-electron chi connectivity index (χ4n) is 0. The molecule has 0 aromatic carbocycles. The second kappa shape index (κ2) is 0.476. The Hall–Kier alpha value is -0.461. The zero-order valence-corrected chi connectivity index (χ0v) is 5.89. The van der Waals surface area contributed by atoms with Crippen LogP contribution in [-0.2, 0) is 10.8 Å². The Morgan fingerprint density at radius 1 is 0.750 bits per heavy atom. The normalized spacial score (nSPS) is 26.2. The summed E-state index contributed by atoms with van der Waals surface area (Å²) in [6.07, 6.45) is 0. The fourth-order valence-corrected chi connectivity index (χ4v) is 0. The number of hydrogen-bond donors (Lipinski definition) is 0. The van der Waals surface area contributed by atoms with Gasteiger partial charge in [-0.25, -0.2) is 0 Å². The first-order valence-electron chi connectivity index (χ1n) is 1.40. The quantitative estimate of drug-likeness (QED) is 0.448. The van der Waals surface area contributed by atoms with Crippen LogP contribution < -0.4 is 0 Å². The van der Waals surface area contributed by atoms with Crippen molar-refractivity contribution in [2.45, 2.75) is 0 Å². The summed E-state index contributed by atoms with van der Waals surface area (Å²) in [4.78, 5) is 0. The Morgan fingerprint density at radius 3 is 0.750 bits per heavy atom. The van der Waals surface area contributed by atoms with Crippen molar-refractivity contribution in [2.24, 2.45) is 0 Å². The van der Waals surface area contributed by atoms with Gasteiger partial charge in [0.25, 0.3) is 0 Å². The Balaban J connectivity index is 10.3. The van der Waals surface area contributed by atoms with Gasteiger partial charge >= 0.3 is 43.4 Å². The van der Waals surface area contributed by atoms with Crippen LogP contribution >= 0.6 is 0 Å². The summed E-state index contributed by atoms with van der Waals surface area (Å²) in [6.45, 7) is -4.78. The van der Waals surface area contributed by atoms with Gasteiger partial charge in [-0.15, -0.1) is 0 Å². The van der Waals surface area contributed by atoms with Crippen LogP contribution in [0.15, 0.2) is 0 Å². The van der Waals surface area contributed by atoms with Crippen LogP contribution in [0.5, 0.6) is 0 Å². The zero-order valence-electron chi connectivity index (χ0n) is 4.95. The first kappa shape index (κ1) is 7.54. The van der Waals surface area contributed by atoms with Crippen molar-refractivity contribution in [2.75, 3.05) is 0 Å². The van der Waals surface area contributed by atoms with Crippen molar-refractivity contribution < 1.29 is 10.8 Å². The molecule has 0 saturated carbocycles. The summed E-state index contributed by atoms with van der Waals surface area (Å²) in [6, 6.07) is 0. The van der Waals surface area contributed by atoms with Crippen LogP contribution in [0, 0.1) is 0 Å². The molecule has 0 fully saturated rings. The Morgan fingerprint density at radius 2 is 0.750 bits per heavy atom. The van der Waals surface area contributed by atoms with Crippen LogP contribution in [0.1, 0.15) is 0 Å². The molecule has 0 atom stereocenters. The summed E-state index contributed by atoms with van der Waals surface area (Å²) in [5.74, 6) is 0. The summed E-state index contributed by atoms with van der Waals surface area (Å²) < 4.78 is 11.3. The van der Waals surface area contributed by atoms with Gasteiger partial charge in [0.15, 0.2) is 0 Å². The molecule has 0 N–H and O–H groups in total. The van der Waals surface area contributed by atoms with E-state index in [0.29, 0.717) is 0 Å². The predicted molar refractivity (Wildman–Crippen MR) is 43.4 cm³/mol. The standard InChI is InChI=1S/6CH2.Cu.O/h6*1H2;;. The predicted octanol–water partition coefficient (Wildman–Crippen LogP) is -0.315.